The number of rotatable bonds is 6. The van der Waals surface area contributed by atoms with Gasteiger partial charge in [-0.1, -0.05) is 27.5 Å². The van der Waals surface area contributed by atoms with Crippen LogP contribution < -0.4 is 10.1 Å². The summed E-state index contributed by atoms with van der Waals surface area (Å²) < 4.78 is 11.1. The molecule has 1 N–H and O–H groups in total. The van der Waals surface area contributed by atoms with Gasteiger partial charge in [-0.3, -0.25) is 4.79 Å². The third kappa shape index (κ3) is 5.21. The fraction of sp³-hybridized carbons (Fsp3) is 0.429. The average molecular weight is 377 g/mol. The molecule has 1 aromatic carbocycles. The molecule has 0 saturated heterocycles. The fourth-order valence-corrected chi connectivity index (χ4v) is 2.29. The van der Waals surface area contributed by atoms with Crippen LogP contribution in [0.25, 0.3) is 0 Å². The number of esters is 1. The van der Waals surface area contributed by atoms with E-state index < -0.39 is 12.1 Å². The zero-order valence-corrected chi connectivity index (χ0v) is 13.7. The lowest BCUT2D eigenvalue weighted by Gasteiger charge is -2.13. The Morgan fingerprint density at radius 2 is 2.19 bits per heavy atom. The molecule has 0 aliphatic heterocycles. The molecule has 21 heavy (non-hydrogen) atoms. The molecule has 5 nitrogen and oxygen atoms in total. The van der Waals surface area contributed by atoms with E-state index in [0.29, 0.717) is 10.8 Å². The molecule has 0 heterocycles. The third-order valence-electron chi connectivity index (χ3n) is 2.84. The molecule has 1 aliphatic rings. The van der Waals surface area contributed by atoms with Crippen molar-refractivity contribution in [3.63, 3.8) is 0 Å². The summed E-state index contributed by atoms with van der Waals surface area (Å²) in [7, 11) is 0. The van der Waals surface area contributed by atoms with Crippen LogP contribution in [-0.2, 0) is 14.3 Å². The van der Waals surface area contributed by atoms with Gasteiger partial charge in [-0.25, -0.2) is 4.79 Å². The van der Waals surface area contributed by atoms with E-state index in [-0.39, 0.29) is 18.6 Å². The Morgan fingerprint density at radius 3 is 2.81 bits per heavy atom. The highest BCUT2D eigenvalue weighted by Crippen LogP contribution is 2.27. The van der Waals surface area contributed by atoms with E-state index >= 15 is 0 Å². The highest BCUT2D eigenvalue weighted by Gasteiger charge is 2.27. The largest absolute Gasteiger partial charge is 0.480 e. The summed E-state index contributed by atoms with van der Waals surface area (Å²) >= 11 is 9.24. The molecule has 0 aromatic heterocycles. The zero-order valence-electron chi connectivity index (χ0n) is 11.4. The lowest BCUT2D eigenvalue weighted by molar-refractivity contribution is -0.156. The van der Waals surface area contributed by atoms with Crippen LogP contribution in [0.5, 0.6) is 5.75 Å². The summed E-state index contributed by atoms with van der Waals surface area (Å²) in [6.45, 7) is 1.23. The molecule has 7 heteroatoms. The molecule has 1 aliphatic carbocycles. The predicted octanol–water partition coefficient (Wildman–Crippen LogP) is 2.69. The predicted molar refractivity (Wildman–Crippen MR) is 81.4 cm³/mol. The van der Waals surface area contributed by atoms with E-state index in [4.69, 9.17) is 21.1 Å². The van der Waals surface area contributed by atoms with Gasteiger partial charge >= 0.3 is 5.97 Å². The van der Waals surface area contributed by atoms with E-state index in [9.17, 15) is 9.59 Å². The normalized spacial score (nSPS) is 15.2. The van der Waals surface area contributed by atoms with Crippen molar-refractivity contribution in [2.75, 3.05) is 6.61 Å². The van der Waals surface area contributed by atoms with Crippen molar-refractivity contribution in [3.8, 4) is 5.75 Å². The number of hydrogen-bond acceptors (Lipinski definition) is 4. The van der Waals surface area contributed by atoms with E-state index in [2.05, 4.69) is 21.2 Å². The van der Waals surface area contributed by atoms with Gasteiger partial charge in [-0.15, -0.1) is 0 Å². The second-order valence-corrected chi connectivity index (χ2v) is 6.10. The topological polar surface area (TPSA) is 64.6 Å². The van der Waals surface area contributed by atoms with Crippen LogP contribution in [0.2, 0.25) is 5.02 Å². The lowest BCUT2D eigenvalue weighted by Crippen LogP contribution is -2.37. The Labute approximate surface area is 136 Å². The van der Waals surface area contributed by atoms with E-state index in [1.54, 1.807) is 18.2 Å². The summed E-state index contributed by atoms with van der Waals surface area (Å²) in [6, 6.07) is 5.28. The average Bonchev–Trinajstić information content (AvgIpc) is 3.21. The molecule has 1 atom stereocenters. The van der Waals surface area contributed by atoms with E-state index in [1.807, 2.05) is 0 Å². The standard InChI is InChI=1S/C14H15BrClNO4/c1-8(14(19)17-10-3-4-10)21-13(18)7-20-12-5-2-9(15)6-11(12)16/h2,5-6,8,10H,3-4,7H2,1H3,(H,17,19)/t8-/m0/s1. The van der Waals surface area contributed by atoms with Crippen LogP contribution in [0.4, 0.5) is 0 Å². The fourth-order valence-electron chi connectivity index (χ4n) is 1.56. The minimum Gasteiger partial charge on any atom is -0.480 e. The van der Waals surface area contributed by atoms with Crippen LogP contribution in [0.1, 0.15) is 19.8 Å². The Balaban J connectivity index is 1.77. The summed E-state index contributed by atoms with van der Waals surface area (Å²) in [5.41, 5.74) is 0. The van der Waals surface area contributed by atoms with Crippen LogP contribution in [0, 0.1) is 0 Å². The van der Waals surface area contributed by atoms with Crippen molar-refractivity contribution in [2.45, 2.75) is 31.9 Å². The van der Waals surface area contributed by atoms with Crippen LogP contribution in [0.3, 0.4) is 0 Å². The number of hydrogen-bond donors (Lipinski definition) is 1. The molecule has 1 saturated carbocycles. The minimum atomic E-state index is -0.831. The highest BCUT2D eigenvalue weighted by atomic mass is 79.9. The smallest absolute Gasteiger partial charge is 0.344 e. The minimum absolute atomic E-state index is 0.233. The van der Waals surface area contributed by atoms with Gasteiger partial charge in [0, 0.05) is 10.5 Å². The quantitative estimate of drug-likeness (QED) is 0.775. The first kappa shape index (κ1) is 16.1. The first-order chi connectivity index (χ1) is 9.95. The molecule has 1 amide bonds. The molecule has 114 valence electrons. The molecular formula is C14H15BrClNO4. The van der Waals surface area contributed by atoms with E-state index in [0.717, 1.165) is 17.3 Å². The van der Waals surface area contributed by atoms with Crippen molar-refractivity contribution >= 4 is 39.4 Å². The van der Waals surface area contributed by atoms with E-state index in [1.165, 1.54) is 6.92 Å². The van der Waals surface area contributed by atoms with Crippen molar-refractivity contribution in [3.05, 3.63) is 27.7 Å². The van der Waals surface area contributed by atoms with Crippen LogP contribution >= 0.6 is 27.5 Å². The molecule has 2 rings (SSSR count). The summed E-state index contributed by atoms with van der Waals surface area (Å²) in [6.07, 6.45) is 1.14. The molecule has 1 aromatic rings. The summed E-state index contributed by atoms with van der Waals surface area (Å²) in [5.74, 6) is -0.521. The number of ether oxygens (including phenoxy) is 2. The monoisotopic (exact) mass is 375 g/mol. The van der Waals surface area contributed by atoms with Crippen molar-refractivity contribution in [1.82, 2.24) is 5.32 Å². The zero-order chi connectivity index (χ0) is 15.4. The van der Waals surface area contributed by atoms with Gasteiger partial charge in [0.15, 0.2) is 12.7 Å². The second kappa shape index (κ2) is 7.13. The van der Waals surface area contributed by atoms with Crippen LogP contribution in [0.15, 0.2) is 22.7 Å². The van der Waals surface area contributed by atoms with Gasteiger partial charge < -0.3 is 14.8 Å². The Hall–Kier alpha value is -1.27. The Morgan fingerprint density at radius 1 is 1.48 bits per heavy atom. The maximum atomic E-state index is 11.6. The first-order valence-corrected chi connectivity index (χ1v) is 7.70. The Bertz CT molecular complexity index is 548. The Kier molecular flexibility index (Phi) is 5.47. The van der Waals surface area contributed by atoms with Crippen molar-refractivity contribution in [1.29, 1.82) is 0 Å². The number of amides is 1. The summed E-state index contributed by atoms with van der Waals surface area (Å²) in [5, 5.41) is 3.15. The number of nitrogens with one attached hydrogen (secondary N) is 1. The van der Waals surface area contributed by atoms with Crippen molar-refractivity contribution < 1.29 is 19.1 Å². The first-order valence-electron chi connectivity index (χ1n) is 6.53. The van der Waals surface area contributed by atoms with Gasteiger partial charge in [0.2, 0.25) is 0 Å². The molecule has 0 unspecified atom stereocenters. The van der Waals surface area contributed by atoms with Gasteiger partial charge in [0.25, 0.3) is 5.91 Å². The maximum absolute atomic E-state index is 11.6. The molecule has 0 radical (unpaired) electrons. The molecular weight excluding hydrogens is 362 g/mol. The number of benzene rings is 1. The number of carbonyl (C=O) groups excluding carboxylic acids is 2. The number of carbonyl (C=O) groups is 2. The van der Waals surface area contributed by atoms with Crippen LogP contribution in [-0.4, -0.2) is 30.6 Å². The lowest BCUT2D eigenvalue weighted by atomic mass is 10.3. The second-order valence-electron chi connectivity index (χ2n) is 4.78. The number of halogens is 2. The van der Waals surface area contributed by atoms with Gasteiger partial charge in [-0.2, -0.15) is 0 Å². The maximum Gasteiger partial charge on any atom is 0.344 e. The molecule has 1 fully saturated rings. The summed E-state index contributed by atoms with van der Waals surface area (Å²) in [4.78, 5) is 23.3. The molecule has 0 spiro atoms. The van der Waals surface area contributed by atoms with Crippen molar-refractivity contribution in [2.24, 2.45) is 0 Å². The van der Waals surface area contributed by atoms with Gasteiger partial charge in [-0.05, 0) is 38.0 Å². The van der Waals surface area contributed by atoms with Gasteiger partial charge in [0.1, 0.15) is 5.75 Å². The third-order valence-corrected chi connectivity index (χ3v) is 3.63. The highest BCUT2D eigenvalue weighted by molar-refractivity contribution is 9.10. The SMILES string of the molecule is C[C@H](OC(=O)COc1ccc(Br)cc1Cl)C(=O)NC1CC1. The molecule has 0 bridgehead atoms. The van der Waals surface area contributed by atoms with Gasteiger partial charge in [0.05, 0.1) is 5.02 Å².